The Morgan fingerprint density at radius 1 is 1.14 bits per heavy atom. The normalized spacial score (nSPS) is 10.9. The number of hydrogen-bond acceptors (Lipinski definition) is 5. The van der Waals surface area contributed by atoms with Gasteiger partial charge in [0.1, 0.15) is 5.82 Å². The molecule has 0 aliphatic heterocycles. The summed E-state index contributed by atoms with van der Waals surface area (Å²) in [6, 6.07) is 6.87. The van der Waals surface area contributed by atoms with Crippen LogP contribution in [0.2, 0.25) is 0 Å². The molecular formula is C18H18F3N3O4. The highest BCUT2D eigenvalue weighted by Gasteiger charge is 2.32. The summed E-state index contributed by atoms with van der Waals surface area (Å²) in [6.07, 6.45) is -4.87. The van der Waals surface area contributed by atoms with Crippen LogP contribution in [-0.2, 0) is 11.3 Å². The fourth-order valence-corrected chi connectivity index (χ4v) is 2.36. The van der Waals surface area contributed by atoms with Gasteiger partial charge in [0.15, 0.2) is 11.5 Å². The number of alkyl halides is 3. The zero-order valence-electron chi connectivity index (χ0n) is 15.3. The lowest BCUT2D eigenvalue weighted by Crippen LogP contribution is -2.23. The Bertz CT molecular complexity index is 885. The summed E-state index contributed by atoms with van der Waals surface area (Å²) in [5.74, 6) is -1.18. The molecule has 0 bridgehead atoms. The van der Waals surface area contributed by atoms with Gasteiger partial charge in [0, 0.05) is 24.7 Å². The number of aryl methyl sites for hydroxylation is 1. The molecule has 2 aromatic rings. The van der Waals surface area contributed by atoms with Gasteiger partial charge < -0.3 is 20.1 Å². The standard InChI is InChI=1S/C18H18F3N3O4/c1-10-6-13(8-16(23-10)24-11(2)25)17(26)22-9-12-4-5-14(27-3)15(7-12)28-18(19,20)21/h4-8H,9H2,1-3H3,(H,22,26)(H,23,24,25). The lowest BCUT2D eigenvalue weighted by molar-refractivity contribution is -0.275. The van der Waals surface area contributed by atoms with Gasteiger partial charge in [-0.25, -0.2) is 4.98 Å². The first kappa shape index (κ1) is 21.0. The maximum absolute atomic E-state index is 12.5. The summed E-state index contributed by atoms with van der Waals surface area (Å²) in [6.45, 7) is 2.92. The fraction of sp³-hybridized carbons (Fsp3) is 0.278. The Kier molecular flexibility index (Phi) is 6.45. The van der Waals surface area contributed by atoms with E-state index in [4.69, 9.17) is 4.74 Å². The van der Waals surface area contributed by atoms with Crippen LogP contribution in [0.1, 0.15) is 28.5 Å². The molecule has 0 unspecified atom stereocenters. The predicted octanol–water partition coefficient (Wildman–Crippen LogP) is 3.19. The van der Waals surface area contributed by atoms with Crippen molar-refractivity contribution in [3.63, 3.8) is 0 Å². The average molecular weight is 397 g/mol. The summed E-state index contributed by atoms with van der Waals surface area (Å²) < 4.78 is 46.3. The van der Waals surface area contributed by atoms with E-state index in [-0.39, 0.29) is 29.6 Å². The number of carbonyl (C=O) groups is 2. The number of amides is 2. The van der Waals surface area contributed by atoms with E-state index in [0.29, 0.717) is 11.3 Å². The van der Waals surface area contributed by atoms with Crippen LogP contribution in [0.3, 0.4) is 0 Å². The van der Waals surface area contributed by atoms with Crippen LogP contribution in [0, 0.1) is 6.92 Å². The van der Waals surface area contributed by atoms with E-state index in [1.165, 1.54) is 38.3 Å². The number of nitrogens with one attached hydrogen (secondary N) is 2. The van der Waals surface area contributed by atoms with Gasteiger partial charge in [0.05, 0.1) is 7.11 Å². The Hall–Kier alpha value is -3.30. The summed E-state index contributed by atoms with van der Waals surface area (Å²) in [7, 11) is 1.22. The highest BCUT2D eigenvalue weighted by molar-refractivity contribution is 5.96. The number of benzene rings is 1. The average Bonchev–Trinajstić information content (AvgIpc) is 2.57. The Morgan fingerprint density at radius 3 is 2.46 bits per heavy atom. The summed E-state index contributed by atoms with van der Waals surface area (Å²) in [5, 5.41) is 5.08. The monoisotopic (exact) mass is 397 g/mol. The molecule has 150 valence electrons. The second-order valence-corrected chi connectivity index (χ2v) is 5.78. The zero-order valence-corrected chi connectivity index (χ0v) is 15.3. The zero-order chi connectivity index (χ0) is 20.9. The van der Waals surface area contributed by atoms with Crippen LogP contribution in [0.25, 0.3) is 0 Å². The molecule has 0 aliphatic rings. The third-order valence-corrected chi connectivity index (χ3v) is 3.43. The van der Waals surface area contributed by atoms with Crippen LogP contribution in [0.4, 0.5) is 19.0 Å². The SMILES string of the molecule is COc1ccc(CNC(=O)c2cc(C)nc(NC(C)=O)c2)cc1OC(F)(F)F. The van der Waals surface area contributed by atoms with Gasteiger partial charge in [-0.15, -0.1) is 13.2 Å². The molecule has 1 heterocycles. The molecule has 7 nitrogen and oxygen atoms in total. The third-order valence-electron chi connectivity index (χ3n) is 3.43. The molecule has 0 spiro atoms. The maximum Gasteiger partial charge on any atom is 0.573 e. The van der Waals surface area contributed by atoms with Crippen LogP contribution in [-0.4, -0.2) is 30.3 Å². The van der Waals surface area contributed by atoms with Gasteiger partial charge in [0.2, 0.25) is 5.91 Å². The lowest BCUT2D eigenvalue weighted by atomic mass is 10.1. The van der Waals surface area contributed by atoms with Crippen molar-refractivity contribution in [1.82, 2.24) is 10.3 Å². The first-order valence-corrected chi connectivity index (χ1v) is 8.04. The van der Waals surface area contributed by atoms with Gasteiger partial charge >= 0.3 is 6.36 Å². The van der Waals surface area contributed by atoms with E-state index < -0.39 is 18.0 Å². The van der Waals surface area contributed by atoms with Gasteiger partial charge in [-0.05, 0) is 36.8 Å². The number of aromatic nitrogens is 1. The second kappa shape index (κ2) is 8.59. The molecule has 1 aromatic carbocycles. The number of pyridine rings is 1. The number of ether oxygens (including phenoxy) is 2. The minimum absolute atomic E-state index is 0.0477. The van der Waals surface area contributed by atoms with Crippen molar-refractivity contribution >= 4 is 17.6 Å². The Labute approximate surface area is 158 Å². The van der Waals surface area contributed by atoms with Gasteiger partial charge in [0.25, 0.3) is 5.91 Å². The molecule has 0 saturated carbocycles. The maximum atomic E-state index is 12.5. The van der Waals surface area contributed by atoms with Crippen LogP contribution in [0.5, 0.6) is 11.5 Å². The summed E-state index contributed by atoms with van der Waals surface area (Å²) in [5.41, 5.74) is 1.14. The number of nitrogens with zero attached hydrogens (tertiary/aromatic N) is 1. The predicted molar refractivity (Wildman–Crippen MR) is 94.1 cm³/mol. The van der Waals surface area contributed by atoms with E-state index in [1.807, 2.05) is 0 Å². The van der Waals surface area contributed by atoms with Crippen molar-refractivity contribution < 1.29 is 32.2 Å². The number of hydrogen-bond donors (Lipinski definition) is 2. The highest BCUT2D eigenvalue weighted by atomic mass is 19.4. The number of methoxy groups -OCH3 is 1. The molecule has 0 aliphatic carbocycles. The molecule has 0 fully saturated rings. The first-order valence-electron chi connectivity index (χ1n) is 8.04. The lowest BCUT2D eigenvalue weighted by Gasteiger charge is -2.14. The van der Waals surface area contributed by atoms with Gasteiger partial charge in [-0.2, -0.15) is 0 Å². The van der Waals surface area contributed by atoms with E-state index in [1.54, 1.807) is 6.92 Å². The van der Waals surface area contributed by atoms with E-state index in [0.717, 1.165) is 6.07 Å². The first-order chi connectivity index (χ1) is 13.1. The minimum atomic E-state index is -4.87. The Morgan fingerprint density at radius 2 is 1.86 bits per heavy atom. The van der Waals surface area contributed by atoms with E-state index in [9.17, 15) is 22.8 Å². The molecule has 0 atom stereocenters. The molecule has 1 aromatic heterocycles. The molecule has 0 radical (unpaired) electrons. The van der Waals surface area contributed by atoms with E-state index in [2.05, 4.69) is 20.4 Å². The molecule has 28 heavy (non-hydrogen) atoms. The largest absolute Gasteiger partial charge is 0.573 e. The smallest absolute Gasteiger partial charge is 0.493 e. The number of anilines is 1. The van der Waals surface area contributed by atoms with Crippen molar-refractivity contribution in [2.45, 2.75) is 26.8 Å². The highest BCUT2D eigenvalue weighted by Crippen LogP contribution is 2.32. The molecule has 2 N–H and O–H groups in total. The van der Waals surface area contributed by atoms with Crippen molar-refractivity contribution in [1.29, 1.82) is 0 Å². The summed E-state index contributed by atoms with van der Waals surface area (Å²) in [4.78, 5) is 27.6. The molecule has 10 heteroatoms. The Balaban J connectivity index is 2.13. The van der Waals surface area contributed by atoms with Crippen molar-refractivity contribution in [2.24, 2.45) is 0 Å². The topological polar surface area (TPSA) is 89.5 Å². The second-order valence-electron chi connectivity index (χ2n) is 5.78. The molecule has 2 amide bonds. The van der Waals surface area contributed by atoms with Gasteiger partial charge in [-0.3, -0.25) is 9.59 Å². The molecular weight excluding hydrogens is 379 g/mol. The van der Waals surface area contributed by atoms with Crippen molar-refractivity contribution in [3.8, 4) is 11.5 Å². The fourth-order valence-electron chi connectivity index (χ4n) is 2.36. The van der Waals surface area contributed by atoms with Crippen LogP contribution >= 0.6 is 0 Å². The summed E-state index contributed by atoms with van der Waals surface area (Å²) >= 11 is 0. The van der Waals surface area contributed by atoms with Crippen LogP contribution in [0.15, 0.2) is 30.3 Å². The van der Waals surface area contributed by atoms with Crippen LogP contribution < -0.4 is 20.1 Å². The quantitative estimate of drug-likeness (QED) is 0.782. The van der Waals surface area contributed by atoms with Gasteiger partial charge in [-0.1, -0.05) is 6.07 Å². The number of rotatable bonds is 6. The minimum Gasteiger partial charge on any atom is -0.493 e. The van der Waals surface area contributed by atoms with Crippen molar-refractivity contribution in [2.75, 3.05) is 12.4 Å². The van der Waals surface area contributed by atoms with E-state index >= 15 is 0 Å². The third kappa shape index (κ3) is 6.15. The van der Waals surface area contributed by atoms with Crippen molar-refractivity contribution in [3.05, 3.63) is 47.2 Å². The molecule has 2 rings (SSSR count). The number of carbonyl (C=O) groups excluding carboxylic acids is 2. The number of halogens is 3. The molecule has 0 saturated heterocycles.